The zero-order chi connectivity index (χ0) is 17.9. The fourth-order valence-electron chi connectivity index (χ4n) is 2.91. The topological polar surface area (TPSA) is 71.8 Å². The third-order valence-corrected chi connectivity index (χ3v) is 4.17. The first-order valence-electron chi connectivity index (χ1n) is 8.39. The Balaban J connectivity index is 1.39. The molecule has 1 aliphatic rings. The van der Waals surface area contributed by atoms with Gasteiger partial charge < -0.3 is 19.4 Å². The molecule has 0 saturated carbocycles. The van der Waals surface area contributed by atoms with E-state index >= 15 is 0 Å². The van der Waals surface area contributed by atoms with Crippen LogP contribution >= 0.6 is 0 Å². The zero-order valence-electron chi connectivity index (χ0n) is 14.1. The molecule has 134 valence electrons. The van der Waals surface area contributed by atoms with Crippen LogP contribution in [0.3, 0.4) is 0 Å². The maximum absolute atomic E-state index is 13.2. The molecule has 0 atom stereocenters. The number of fused-ring (bicyclic) bond motifs is 1. The highest BCUT2D eigenvalue weighted by Gasteiger charge is 2.13. The summed E-state index contributed by atoms with van der Waals surface area (Å²) in [6, 6.07) is 6.63. The predicted octanol–water partition coefficient (Wildman–Crippen LogP) is 1.89. The maximum atomic E-state index is 13.2. The Kier molecular flexibility index (Phi) is 4.49. The lowest BCUT2D eigenvalue weighted by molar-refractivity contribution is -0.115. The van der Waals surface area contributed by atoms with Crippen molar-refractivity contribution in [3.8, 4) is 0 Å². The van der Waals surface area contributed by atoms with E-state index in [0.29, 0.717) is 30.2 Å². The van der Waals surface area contributed by atoms with Crippen molar-refractivity contribution >= 4 is 23.1 Å². The molecule has 0 spiro atoms. The standard InChI is InChI=1S/C18H18FN5O2/c19-13-1-3-17-21-15(12-24(17)11-13)9-18(25)22-14-2-4-16(20-10-14)23-5-7-26-8-6-23/h1-4,10-12H,5-9H2,(H,22,25). The summed E-state index contributed by atoms with van der Waals surface area (Å²) < 4.78 is 20.1. The van der Waals surface area contributed by atoms with Gasteiger partial charge in [0, 0.05) is 25.5 Å². The molecule has 1 amide bonds. The quantitative estimate of drug-likeness (QED) is 0.774. The van der Waals surface area contributed by atoms with E-state index in [1.54, 1.807) is 22.9 Å². The first kappa shape index (κ1) is 16.5. The highest BCUT2D eigenvalue weighted by Crippen LogP contribution is 2.16. The number of halogens is 1. The van der Waals surface area contributed by atoms with Gasteiger partial charge in [0.1, 0.15) is 17.3 Å². The van der Waals surface area contributed by atoms with Crippen molar-refractivity contribution in [3.05, 3.63) is 54.4 Å². The van der Waals surface area contributed by atoms with Crippen molar-refractivity contribution < 1.29 is 13.9 Å². The molecular weight excluding hydrogens is 337 g/mol. The molecule has 4 heterocycles. The summed E-state index contributed by atoms with van der Waals surface area (Å²) >= 11 is 0. The number of anilines is 2. The number of hydrogen-bond acceptors (Lipinski definition) is 5. The molecule has 0 unspecified atom stereocenters. The molecule has 4 rings (SSSR count). The molecule has 3 aromatic heterocycles. The van der Waals surface area contributed by atoms with Gasteiger partial charge in [0.05, 0.1) is 37.2 Å². The van der Waals surface area contributed by atoms with Gasteiger partial charge in [-0.3, -0.25) is 4.79 Å². The van der Waals surface area contributed by atoms with Gasteiger partial charge in [-0.1, -0.05) is 0 Å². The average Bonchev–Trinajstić information content (AvgIpc) is 3.04. The van der Waals surface area contributed by atoms with Crippen LogP contribution in [0.1, 0.15) is 5.69 Å². The van der Waals surface area contributed by atoms with Crippen LogP contribution in [0.4, 0.5) is 15.9 Å². The van der Waals surface area contributed by atoms with E-state index in [0.717, 1.165) is 18.9 Å². The van der Waals surface area contributed by atoms with E-state index in [9.17, 15) is 9.18 Å². The summed E-state index contributed by atoms with van der Waals surface area (Å²) in [6.07, 6.45) is 4.73. The number of nitrogens with zero attached hydrogens (tertiary/aromatic N) is 4. The molecule has 1 N–H and O–H groups in total. The maximum Gasteiger partial charge on any atom is 0.230 e. The number of ether oxygens (including phenoxy) is 1. The third kappa shape index (κ3) is 3.65. The summed E-state index contributed by atoms with van der Waals surface area (Å²) in [5.41, 5.74) is 1.80. The Bertz CT molecular complexity index is 919. The number of pyridine rings is 2. The van der Waals surface area contributed by atoms with E-state index in [-0.39, 0.29) is 18.1 Å². The minimum atomic E-state index is -0.350. The minimum absolute atomic E-state index is 0.106. The van der Waals surface area contributed by atoms with Gasteiger partial charge in [0.15, 0.2) is 0 Å². The van der Waals surface area contributed by atoms with E-state index in [2.05, 4.69) is 20.2 Å². The van der Waals surface area contributed by atoms with Gasteiger partial charge in [-0.15, -0.1) is 0 Å². The summed E-state index contributed by atoms with van der Waals surface area (Å²) in [6.45, 7) is 3.02. The Morgan fingerprint density at radius 2 is 2.04 bits per heavy atom. The number of hydrogen-bond donors (Lipinski definition) is 1. The second kappa shape index (κ2) is 7.09. The third-order valence-electron chi connectivity index (χ3n) is 4.17. The second-order valence-corrected chi connectivity index (χ2v) is 6.07. The van der Waals surface area contributed by atoms with Crippen molar-refractivity contribution in [1.29, 1.82) is 0 Å². The Labute approximate surface area is 149 Å². The largest absolute Gasteiger partial charge is 0.378 e. The minimum Gasteiger partial charge on any atom is -0.378 e. The predicted molar refractivity (Wildman–Crippen MR) is 94.8 cm³/mol. The lowest BCUT2D eigenvalue weighted by atomic mass is 10.3. The summed E-state index contributed by atoms with van der Waals surface area (Å²) in [7, 11) is 0. The van der Waals surface area contributed by atoms with E-state index in [1.807, 2.05) is 12.1 Å². The molecule has 8 heteroatoms. The van der Waals surface area contributed by atoms with E-state index in [1.165, 1.54) is 12.3 Å². The van der Waals surface area contributed by atoms with Crippen molar-refractivity contribution in [2.24, 2.45) is 0 Å². The fourth-order valence-corrected chi connectivity index (χ4v) is 2.91. The van der Waals surface area contributed by atoms with Crippen LogP contribution in [0.15, 0.2) is 42.9 Å². The molecular formula is C18H18FN5O2. The van der Waals surface area contributed by atoms with Crippen molar-refractivity contribution in [1.82, 2.24) is 14.4 Å². The van der Waals surface area contributed by atoms with Crippen LogP contribution in [0.25, 0.3) is 5.65 Å². The molecule has 0 aliphatic carbocycles. The molecule has 0 radical (unpaired) electrons. The van der Waals surface area contributed by atoms with E-state index < -0.39 is 0 Å². The lowest BCUT2D eigenvalue weighted by Crippen LogP contribution is -2.36. The molecule has 1 aliphatic heterocycles. The number of imidazole rings is 1. The summed E-state index contributed by atoms with van der Waals surface area (Å²) in [5, 5.41) is 2.81. The normalized spacial score (nSPS) is 14.6. The monoisotopic (exact) mass is 355 g/mol. The van der Waals surface area contributed by atoms with Crippen LogP contribution in [-0.4, -0.2) is 46.6 Å². The molecule has 3 aromatic rings. The van der Waals surface area contributed by atoms with Gasteiger partial charge >= 0.3 is 0 Å². The van der Waals surface area contributed by atoms with Gasteiger partial charge in [-0.25, -0.2) is 14.4 Å². The number of carbonyl (C=O) groups is 1. The Morgan fingerprint density at radius 1 is 1.19 bits per heavy atom. The first-order valence-corrected chi connectivity index (χ1v) is 8.39. The molecule has 1 fully saturated rings. The van der Waals surface area contributed by atoms with Crippen LogP contribution in [0, 0.1) is 5.82 Å². The van der Waals surface area contributed by atoms with Gasteiger partial charge in [-0.2, -0.15) is 0 Å². The highest BCUT2D eigenvalue weighted by atomic mass is 19.1. The SMILES string of the molecule is O=C(Cc1cn2cc(F)ccc2n1)Nc1ccc(N2CCOCC2)nc1. The Hall–Kier alpha value is -3.00. The second-order valence-electron chi connectivity index (χ2n) is 6.07. The first-order chi connectivity index (χ1) is 12.7. The number of amides is 1. The van der Waals surface area contributed by atoms with Crippen molar-refractivity contribution in [2.45, 2.75) is 6.42 Å². The number of morpholine rings is 1. The van der Waals surface area contributed by atoms with Crippen LogP contribution in [0.5, 0.6) is 0 Å². The number of aromatic nitrogens is 3. The fraction of sp³-hybridized carbons (Fsp3) is 0.278. The van der Waals surface area contributed by atoms with Crippen LogP contribution in [0.2, 0.25) is 0 Å². The van der Waals surface area contributed by atoms with Crippen LogP contribution < -0.4 is 10.2 Å². The summed E-state index contributed by atoms with van der Waals surface area (Å²) in [4.78, 5) is 23.1. The van der Waals surface area contributed by atoms with Gasteiger partial charge in [0.2, 0.25) is 5.91 Å². The van der Waals surface area contributed by atoms with Gasteiger partial charge in [-0.05, 0) is 24.3 Å². The van der Waals surface area contributed by atoms with Crippen molar-refractivity contribution in [3.63, 3.8) is 0 Å². The Morgan fingerprint density at radius 3 is 2.81 bits per heavy atom. The molecule has 26 heavy (non-hydrogen) atoms. The van der Waals surface area contributed by atoms with E-state index in [4.69, 9.17) is 4.74 Å². The number of carbonyl (C=O) groups excluding carboxylic acids is 1. The number of nitrogens with one attached hydrogen (secondary N) is 1. The molecule has 1 saturated heterocycles. The zero-order valence-corrected chi connectivity index (χ0v) is 14.1. The van der Waals surface area contributed by atoms with Crippen LogP contribution in [-0.2, 0) is 16.0 Å². The smallest absolute Gasteiger partial charge is 0.230 e. The number of rotatable bonds is 4. The molecule has 0 aromatic carbocycles. The summed E-state index contributed by atoms with van der Waals surface area (Å²) in [5.74, 6) is 0.320. The van der Waals surface area contributed by atoms with Crippen molar-refractivity contribution in [2.75, 3.05) is 36.5 Å². The molecule has 7 nitrogen and oxygen atoms in total. The lowest BCUT2D eigenvalue weighted by Gasteiger charge is -2.27. The highest BCUT2D eigenvalue weighted by molar-refractivity contribution is 5.92. The van der Waals surface area contributed by atoms with Gasteiger partial charge in [0.25, 0.3) is 0 Å². The molecule has 0 bridgehead atoms. The average molecular weight is 355 g/mol.